The van der Waals surface area contributed by atoms with E-state index in [2.05, 4.69) is 5.32 Å². The average molecular weight is 357 g/mol. The maximum absolute atomic E-state index is 12.3. The van der Waals surface area contributed by atoms with Crippen molar-refractivity contribution < 1.29 is 23.1 Å². The van der Waals surface area contributed by atoms with E-state index in [1.165, 1.54) is 36.0 Å². The smallest absolute Gasteiger partial charge is 0.330 e. The number of amides is 1. The summed E-state index contributed by atoms with van der Waals surface area (Å²) in [5.74, 6) is -0.551. The number of carbonyl (C=O) groups is 2. The number of carboxylic acid groups (broad SMARTS) is 1. The summed E-state index contributed by atoms with van der Waals surface area (Å²) in [6, 6.07) is 5.56. The molecule has 1 heterocycles. The van der Waals surface area contributed by atoms with Crippen molar-refractivity contribution in [3.8, 4) is 0 Å². The Balaban J connectivity index is 2.20. The summed E-state index contributed by atoms with van der Waals surface area (Å²) in [6.45, 7) is 3.18. The van der Waals surface area contributed by atoms with E-state index in [0.717, 1.165) is 0 Å². The molecule has 1 atom stereocenters. The molecule has 0 spiro atoms. The number of hydrogen-bond donors (Lipinski definition) is 2. The summed E-state index contributed by atoms with van der Waals surface area (Å²) in [5, 5.41) is 11.4. The Morgan fingerprint density at radius 3 is 2.30 bits per heavy atom. The van der Waals surface area contributed by atoms with Gasteiger partial charge in [-0.25, -0.2) is 13.2 Å². The van der Waals surface area contributed by atoms with Crippen LogP contribution < -0.4 is 5.32 Å². The molecule has 0 saturated carbocycles. The summed E-state index contributed by atoms with van der Waals surface area (Å²) in [7, 11) is -3.40. The number of rotatable bonds is 5. The number of nitrogens with one attached hydrogen (secondary N) is 1. The van der Waals surface area contributed by atoms with Crippen molar-refractivity contribution in [2.45, 2.75) is 36.0 Å². The van der Waals surface area contributed by atoms with Crippen LogP contribution in [-0.4, -0.2) is 47.7 Å². The number of aliphatic carboxylic acids is 1. The summed E-state index contributed by atoms with van der Waals surface area (Å²) < 4.78 is 24.1. The fourth-order valence-electron chi connectivity index (χ4n) is 2.24. The normalized spacial score (nSPS) is 21.3. The molecule has 1 unspecified atom stereocenters. The Morgan fingerprint density at radius 1 is 1.26 bits per heavy atom. The number of hydrogen-bond acceptors (Lipinski definition) is 5. The lowest BCUT2D eigenvalue weighted by Gasteiger charge is -2.24. The molecule has 1 aliphatic heterocycles. The number of carboxylic acids is 1. The van der Waals surface area contributed by atoms with Crippen LogP contribution >= 0.6 is 11.8 Å². The zero-order valence-electron chi connectivity index (χ0n) is 12.9. The number of carbonyl (C=O) groups excluding carboxylic acids is 1. The molecule has 0 radical (unpaired) electrons. The van der Waals surface area contributed by atoms with Crippen molar-refractivity contribution in [3.63, 3.8) is 0 Å². The molecule has 1 aromatic carbocycles. The third-order valence-corrected chi connectivity index (χ3v) is 7.21. The number of sulfone groups is 1. The molecular weight excluding hydrogens is 338 g/mol. The minimum atomic E-state index is -3.40. The van der Waals surface area contributed by atoms with Gasteiger partial charge in [0.15, 0.2) is 9.84 Å². The second-order valence-corrected chi connectivity index (χ2v) is 9.37. The van der Waals surface area contributed by atoms with Crippen LogP contribution in [0, 0.1) is 0 Å². The summed E-state index contributed by atoms with van der Waals surface area (Å²) >= 11 is 1.48. The molecule has 8 heteroatoms. The molecule has 1 aliphatic rings. The molecule has 2 N–H and O–H groups in total. The maximum atomic E-state index is 12.3. The molecule has 0 bridgehead atoms. The van der Waals surface area contributed by atoms with Gasteiger partial charge in [0.2, 0.25) is 0 Å². The van der Waals surface area contributed by atoms with Gasteiger partial charge in [-0.15, -0.1) is 0 Å². The molecule has 1 amide bonds. The van der Waals surface area contributed by atoms with E-state index in [4.69, 9.17) is 0 Å². The Bertz CT molecular complexity index is 704. The lowest BCUT2D eigenvalue weighted by atomic mass is 9.98. The van der Waals surface area contributed by atoms with Crippen LogP contribution in [0.15, 0.2) is 29.2 Å². The molecule has 0 aliphatic carbocycles. The SMILES string of the molecule is CC(C)S(=O)(=O)c1ccc(C(=O)NC2(C(=O)O)CCSC2)cc1. The highest BCUT2D eigenvalue weighted by Crippen LogP contribution is 2.28. The lowest BCUT2D eigenvalue weighted by molar-refractivity contribution is -0.143. The predicted molar refractivity (Wildman–Crippen MR) is 88.5 cm³/mol. The van der Waals surface area contributed by atoms with Crippen molar-refractivity contribution in [2.75, 3.05) is 11.5 Å². The first-order chi connectivity index (χ1) is 10.7. The van der Waals surface area contributed by atoms with E-state index < -0.39 is 32.5 Å². The quantitative estimate of drug-likeness (QED) is 0.829. The van der Waals surface area contributed by atoms with Crippen molar-refractivity contribution in [1.29, 1.82) is 0 Å². The first-order valence-electron chi connectivity index (χ1n) is 7.17. The molecule has 126 valence electrons. The molecule has 0 aromatic heterocycles. The van der Waals surface area contributed by atoms with E-state index in [0.29, 0.717) is 17.9 Å². The van der Waals surface area contributed by atoms with Gasteiger partial charge in [-0.1, -0.05) is 0 Å². The zero-order valence-corrected chi connectivity index (χ0v) is 14.5. The van der Waals surface area contributed by atoms with Crippen molar-refractivity contribution in [2.24, 2.45) is 0 Å². The molecule has 6 nitrogen and oxygen atoms in total. The van der Waals surface area contributed by atoms with Crippen LogP contribution in [0.3, 0.4) is 0 Å². The van der Waals surface area contributed by atoms with Gasteiger partial charge < -0.3 is 10.4 Å². The fraction of sp³-hybridized carbons (Fsp3) is 0.467. The summed E-state index contributed by atoms with van der Waals surface area (Å²) in [5.41, 5.74) is -1.00. The van der Waals surface area contributed by atoms with E-state index in [1.807, 2.05) is 0 Å². The van der Waals surface area contributed by atoms with E-state index in [1.54, 1.807) is 13.8 Å². The molecule has 1 saturated heterocycles. The standard InChI is InChI=1S/C15H19NO5S2/c1-10(2)23(20,21)12-5-3-11(4-6-12)13(17)16-15(14(18)19)7-8-22-9-15/h3-6,10H,7-9H2,1-2H3,(H,16,17)(H,18,19). The molecular formula is C15H19NO5S2. The molecule has 2 rings (SSSR count). The molecule has 23 heavy (non-hydrogen) atoms. The van der Waals surface area contributed by atoms with Gasteiger partial charge in [-0.2, -0.15) is 11.8 Å². The van der Waals surface area contributed by atoms with Crippen LogP contribution in [0.5, 0.6) is 0 Å². The van der Waals surface area contributed by atoms with Crippen molar-refractivity contribution in [3.05, 3.63) is 29.8 Å². The monoisotopic (exact) mass is 357 g/mol. The van der Waals surface area contributed by atoms with Gasteiger partial charge >= 0.3 is 5.97 Å². The van der Waals surface area contributed by atoms with Gasteiger partial charge in [0, 0.05) is 11.3 Å². The zero-order chi connectivity index (χ0) is 17.3. The minimum Gasteiger partial charge on any atom is -0.479 e. The lowest BCUT2D eigenvalue weighted by Crippen LogP contribution is -2.54. The predicted octanol–water partition coefficient (Wildman–Crippen LogP) is 1.56. The fourth-order valence-corrected chi connectivity index (χ4v) is 4.63. The Kier molecular flexibility index (Phi) is 5.05. The van der Waals surface area contributed by atoms with E-state index >= 15 is 0 Å². The van der Waals surface area contributed by atoms with E-state index in [-0.39, 0.29) is 10.5 Å². The molecule has 1 aromatic rings. The van der Waals surface area contributed by atoms with Crippen molar-refractivity contribution >= 4 is 33.5 Å². The number of benzene rings is 1. The minimum absolute atomic E-state index is 0.147. The van der Waals surface area contributed by atoms with E-state index in [9.17, 15) is 23.1 Å². The first kappa shape index (κ1) is 17.8. The maximum Gasteiger partial charge on any atom is 0.330 e. The van der Waals surface area contributed by atoms with Crippen LogP contribution in [0.25, 0.3) is 0 Å². The summed E-state index contributed by atoms with van der Waals surface area (Å²) in [4.78, 5) is 23.9. The Labute approximate surface area is 139 Å². The number of thioether (sulfide) groups is 1. The van der Waals surface area contributed by atoms with Crippen LogP contribution in [0.1, 0.15) is 30.6 Å². The largest absolute Gasteiger partial charge is 0.479 e. The Morgan fingerprint density at radius 2 is 1.87 bits per heavy atom. The van der Waals surface area contributed by atoms with Crippen LogP contribution in [-0.2, 0) is 14.6 Å². The van der Waals surface area contributed by atoms with Gasteiger partial charge in [0.1, 0.15) is 5.54 Å². The highest BCUT2D eigenvalue weighted by molar-refractivity contribution is 7.99. The highest BCUT2D eigenvalue weighted by atomic mass is 32.2. The third-order valence-electron chi connectivity index (χ3n) is 3.85. The van der Waals surface area contributed by atoms with Crippen molar-refractivity contribution in [1.82, 2.24) is 5.32 Å². The van der Waals surface area contributed by atoms with Crippen LogP contribution in [0.2, 0.25) is 0 Å². The third kappa shape index (κ3) is 3.53. The molecule has 1 fully saturated rings. The average Bonchev–Trinajstić information content (AvgIpc) is 2.97. The Hall–Kier alpha value is -1.54. The van der Waals surface area contributed by atoms with Gasteiger partial charge in [0.25, 0.3) is 5.91 Å². The van der Waals surface area contributed by atoms with Gasteiger partial charge in [-0.3, -0.25) is 4.79 Å². The first-order valence-corrected chi connectivity index (χ1v) is 9.87. The second kappa shape index (κ2) is 6.52. The van der Waals surface area contributed by atoms with Gasteiger partial charge in [0.05, 0.1) is 10.1 Å². The van der Waals surface area contributed by atoms with Gasteiger partial charge in [-0.05, 0) is 50.3 Å². The summed E-state index contributed by atoms with van der Waals surface area (Å²) in [6.07, 6.45) is 0.374. The highest BCUT2D eigenvalue weighted by Gasteiger charge is 2.43. The second-order valence-electron chi connectivity index (χ2n) is 5.76. The topological polar surface area (TPSA) is 101 Å². The van der Waals surface area contributed by atoms with Crippen LogP contribution in [0.4, 0.5) is 0 Å².